The van der Waals surface area contributed by atoms with Crippen LogP contribution in [0.1, 0.15) is 42.9 Å². The molecule has 2 aromatic heterocycles. The van der Waals surface area contributed by atoms with E-state index in [1.165, 1.54) is 5.69 Å². The SMILES string of the molecule is Cc1nnnn1CCCN1CCn2nc(CCC(=O)NC3CC3)cc2C1. The average molecular weight is 358 g/mol. The quantitative estimate of drug-likeness (QED) is 0.729. The molecule has 0 saturated heterocycles. The highest BCUT2D eigenvalue weighted by Crippen LogP contribution is 2.19. The third-order valence-corrected chi connectivity index (χ3v) is 5.03. The van der Waals surface area contributed by atoms with E-state index in [4.69, 9.17) is 0 Å². The molecule has 26 heavy (non-hydrogen) atoms. The molecule has 2 aromatic rings. The second kappa shape index (κ2) is 7.53. The van der Waals surface area contributed by atoms with E-state index in [0.717, 1.165) is 69.9 Å². The molecule has 0 atom stereocenters. The van der Waals surface area contributed by atoms with Crippen LogP contribution in [0.2, 0.25) is 0 Å². The lowest BCUT2D eigenvalue weighted by atomic mass is 10.2. The van der Waals surface area contributed by atoms with Crippen LogP contribution in [0.4, 0.5) is 0 Å². The number of aromatic nitrogens is 6. The molecule has 9 heteroatoms. The van der Waals surface area contributed by atoms with Crippen LogP contribution >= 0.6 is 0 Å². The molecule has 9 nitrogen and oxygen atoms in total. The van der Waals surface area contributed by atoms with Gasteiger partial charge in [0, 0.05) is 45.1 Å². The van der Waals surface area contributed by atoms with Gasteiger partial charge in [-0.05, 0) is 42.7 Å². The first-order valence-corrected chi connectivity index (χ1v) is 9.47. The summed E-state index contributed by atoms with van der Waals surface area (Å²) in [5.74, 6) is 1.01. The summed E-state index contributed by atoms with van der Waals surface area (Å²) >= 11 is 0. The number of fused-ring (bicyclic) bond motifs is 1. The minimum atomic E-state index is 0.151. The van der Waals surface area contributed by atoms with Gasteiger partial charge in [-0.2, -0.15) is 5.10 Å². The number of hydrogen-bond donors (Lipinski definition) is 1. The number of amides is 1. The van der Waals surface area contributed by atoms with E-state index in [0.29, 0.717) is 12.5 Å². The van der Waals surface area contributed by atoms with E-state index < -0.39 is 0 Å². The van der Waals surface area contributed by atoms with Crippen molar-refractivity contribution in [3.63, 3.8) is 0 Å². The molecule has 1 N–H and O–H groups in total. The Morgan fingerprint density at radius 3 is 2.96 bits per heavy atom. The number of carbonyl (C=O) groups is 1. The van der Waals surface area contributed by atoms with Crippen molar-refractivity contribution in [1.82, 2.24) is 40.2 Å². The first-order valence-electron chi connectivity index (χ1n) is 9.47. The Labute approximate surface area is 152 Å². The average Bonchev–Trinajstić information content (AvgIpc) is 3.19. The monoisotopic (exact) mass is 358 g/mol. The van der Waals surface area contributed by atoms with Crippen molar-refractivity contribution in [3.05, 3.63) is 23.3 Å². The van der Waals surface area contributed by atoms with Gasteiger partial charge >= 0.3 is 0 Å². The second-order valence-corrected chi connectivity index (χ2v) is 7.27. The number of tetrazole rings is 1. The predicted molar refractivity (Wildman–Crippen MR) is 94.2 cm³/mol. The van der Waals surface area contributed by atoms with Crippen molar-refractivity contribution in [3.8, 4) is 0 Å². The van der Waals surface area contributed by atoms with Gasteiger partial charge < -0.3 is 5.32 Å². The zero-order valence-electron chi connectivity index (χ0n) is 15.3. The first-order chi connectivity index (χ1) is 12.7. The molecule has 1 amide bonds. The standard InChI is InChI=1S/C17H26N8O/c1-13-19-21-22-24(13)8-2-7-23-9-10-25-16(12-23)11-15(20-25)5-6-17(26)18-14-3-4-14/h11,14H,2-10,12H2,1H3,(H,18,26). The second-order valence-electron chi connectivity index (χ2n) is 7.27. The third kappa shape index (κ3) is 4.27. The fourth-order valence-electron chi connectivity index (χ4n) is 3.36. The highest BCUT2D eigenvalue weighted by Gasteiger charge is 2.23. The number of hydrogen-bond acceptors (Lipinski definition) is 6. The number of carbonyl (C=O) groups excluding carboxylic acids is 1. The van der Waals surface area contributed by atoms with Crippen LogP contribution in [0, 0.1) is 6.92 Å². The van der Waals surface area contributed by atoms with Crippen LogP contribution in [0.15, 0.2) is 6.07 Å². The molecule has 140 valence electrons. The summed E-state index contributed by atoms with van der Waals surface area (Å²) in [5.41, 5.74) is 2.27. The maximum atomic E-state index is 11.8. The maximum Gasteiger partial charge on any atom is 0.220 e. The Hall–Kier alpha value is -2.29. The fraction of sp³-hybridized carbons (Fsp3) is 0.706. The van der Waals surface area contributed by atoms with Gasteiger partial charge in [-0.1, -0.05) is 0 Å². The van der Waals surface area contributed by atoms with Gasteiger partial charge in [-0.3, -0.25) is 14.4 Å². The van der Waals surface area contributed by atoms with Gasteiger partial charge in [0.05, 0.1) is 17.9 Å². The fourth-order valence-corrected chi connectivity index (χ4v) is 3.36. The number of aryl methyl sites for hydroxylation is 3. The van der Waals surface area contributed by atoms with E-state index in [2.05, 4.69) is 41.6 Å². The molecule has 0 radical (unpaired) electrons. The minimum Gasteiger partial charge on any atom is -0.353 e. The van der Waals surface area contributed by atoms with Crippen LogP contribution in [0.25, 0.3) is 0 Å². The Morgan fingerprint density at radius 1 is 1.31 bits per heavy atom. The Morgan fingerprint density at radius 2 is 2.19 bits per heavy atom. The Bertz CT molecular complexity index is 763. The molecule has 2 aliphatic rings. The summed E-state index contributed by atoms with van der Waals surface area (Å²) in [6.45, 7) is 6.61. The minimum absolute atomic E-state index is 0.151. The topological polar surface area (TPSA) is 93.8 Å². The molecule has 0 unspecified atom stereocenters. The highest BCUT2D eigenvalue weighted by molar-refractivity contribution is 5.76. The summed E-state index contributed by atoms with van der Waals surface area (Å²) in [4.78, 5) is 14.3. The van der Waals surface area contributed by atoms with Gasteiger partial charge in [-0.25, -0.2) is 4.68 Å². The Kier molecular flexibility index (Phi) is 4.96. The van der Waals surface area contributed by atoms with Gasteiger partial charge in [-0.15, -0.1) is 5.10 Å². The molecule has 1 fully saturated rings. The Balaban J connectivity index is 1.23. The van der Waals surface area contributed by atoms with E-state index in [9.17, 15) is 4.79 Å². The van der Waals surface area contributed by atoms with Gasteiger partial charge in [0.25, 0.3) is 0 Å². The lowest BCUT2D eigenvalue weighted by Crippen LogP contribution is -2.34. The van der Waals surface area contributed by atoms with Gasteiger partial charge in [0.1, 0.15) is 5.82 Å². The van der Waals surface area contributed by atoms with Crippen molar-refractivity contribution in [2.45, 2.75) is 64.7 Å². The molecule has 3 heterocycles. The molecule has 1 saturated carbocycles. The lowest BCUT2D eigenvalue weighted by Gasteiger charge is -2.27. The number of nitrogens with one attached hydrogen (secondary N) is 1. The summed E-state index contributed by atoms with van der Waals surface area (Å²) in [6, 6.07) is 2.59. The number of nitrogens with zero attached hydrogens (tertiary/aromatic N) is 7. The van der Waals surface area contributed by atoms with Gasteiger partial charge in [0.15, 0.2) is 0 Å². The molecular formula is C17H26N8O. The molecule has 0 spiro atoms. The van der Waals surface area contributed by atoms with Crippen LogP contribution in [0.5, 0.6) is 0 Å². The zero-order chi connectivity index (χ0) is 17.9. The molecule has 0 aromatic carbocycles. The van der Waals surface area contributed by atoms with Crippen molar-refractivity contribution in [1.29, 1.82) is 0 Å². The van der Waals surface area contributed by atoms with Crippen molar-refractivity contribution < 1.29 is 4.79 Å². The third-order valence-electron chi connectivity index (χ3n) is 5.03. The van der Waals surface area contributed by atoms with Gasteiger partial charge in [0.2, 0.25) is 5.91 Å². The highest BCUT2D eigenvalue weighted by atomic mass is 16.1. The van der Waals surface area contributed by atoms with E-state index >= 15 is 0 Å². The smallest absolute Gasteiger partial charge is 0.220 e. The van der Waals surface area contributed by atoms with E-state index in [1.807, 2.05) is 11.6 Å². The van der Waals surface area contributed by atoms with Crippen molar-refractivity contribution >= 4 is 5.91 Å². The molecule has 1 aliphatic carbocycles. The van der Waals surface area contributed by atoms with Crippen LogP contribution < -0.4 is 5.32 Å². The number of rotatable bonds is 8. The maximum absolute atomic E-state index is 11.8. The molecular weight excluding hydrogens is 332 g/mol. The summed E-state index contributed by atoms with van der Waals surface area (Å²) in [6.07, 6.45) is 4.54. The van der Waals surface area contributed by atoms with Crippen molar-refractivity contribution in [2.75, 3.05) is 13.1 Å². The van der Waals surface area contributed by atoms with E-state index in [1.54, 1.807) is 0 Å². The van der Waals surface area contributed by atoms with Crippen LogP contribution in [-0.2, 0) is 30.8 Å². The summed E-state index contributed by atoms with van der Waals surface area (Å²) in [7, 11) is 0. The largest absolute Gasteiger partial charge is 0.353 e. The molecule has 0 bridgehead atoms. The first kappa shape index (κ1) is 17.1. The normalized spacial score (nSPS) is 17.3. The molecule has 4 rings (SSSR count). The lowest BCUT2D eigenvalue weighted by molar-refractivity contribution is -0.121. The van der Waals surface area contributed by atoms with Crippen molar-refractivity contribution in [2.24, 2.45) is 0 Å². The van der Waals surface area contributed by atoms with Crippen LogP contribution in [0.3, 0.4) is 0 Å². The summed E-state index contributed by atoms with van der Waals surface area (Å²) < 4.78 is 3.94. The summed E-state index contributed by atoms with van der Waals surface area (Å²) in [5, 5.41) is 19.3. The van der Waals surface area contributed by atoms with Crippen LogP contribution in [-0.4, -0.2) is 59.9 Å². The van der Waals surface area contributed by atoms with E-state index in [-0.39, 0.29) is 5.91 Å². The zero-order valence-corrected chi connectivity index (χ0v) is 15.3. The molecule has 1 aliphatic heterocycles. The predicted octanol–water partition coefficient (Wildman–Crippen LogP) is 0.295.